The smallest absolute Gasteiger partial charge is 0.293 e. The first-order chi connectivity index (χ1) is 13.5. The Morgan fingerprint density at radius 2 is 1.96 bits per heavy atom. The summed E-state index contributed by atoms with van der Waals surface area (Å²) in [7, 11) is 0. The van der Waals surface area contributed by atoms with Crippen LogP contribution in [0.1, 0.15) is 10.6 Å². The maximum atomic E-state index is 12.4. The fourth-order valence-corrected chi connectivity index (χ4v) is 3.33. The van der Waals surface area contributed by atoms with Gasteiger partial charge in [0.05, 0.1) is 16.0 Å². The van der Waals surface area contributed by atoms with Gasteiger partial charge in [-0.1, -0.05) is 24.3 Å². The van der Waals surface area contributed by atoms with Gasteiger partial charge in [0.1, 0.15) is 5.58 Å². The van der Waals surface area contributed by atoms with Gasteiger partial charge in [-0.3, -0.25) is 25.0 Å². The third-order valence-corrected chi connectivity index (χ3v) is 4.69. The summed E-state index contributed by atoms with van der Waals surface area (Å²) in [6.07, 6.45) is 0. The van der Waals surface area contributed by atoms with Crippen LogP contribution in [0.4, 0.5) is 10.8 Å². The normalized spacial score (nSPS) is 10.7. The first-order valence-corrected chi connectivity index (χ1v) is 8.94. The van der Waals surface area contributed by atoms with Crippen LogP contribution < -0.4 is 10.7 Å². The van der Waals surface area contributed by atoms with E-state index in [1.165, 1.54) is 12.1 Å². The standard InChI is InChI=1S/C19H11N3O5S/c23-15-9-17(27-16-7-2-1-6-13(15)16)18(24)21-19-20-14(10-28-19)11-4-3-5-12(8-11)22(25)26/h1-10H,(H,20,21,24). The van der Waals surface area contributed by atoms with Gasteiger partial charge in [-0.05, 0) is 12.1 Å². The fourth-order valence-electron chi connectivity index (χ4n) is 2.62. The highest BCUT2D eigenvalue weighted by Crippen LogP contribution is 2.27. The number of carbonyl (C=O) groups is 1. The van der Waals surface area contributed by atoms with Crippen LogP contribution in [0.15, 0.2) is 69.2 Å². The van der Waals surface area contributed by atoms with Crippen molar-refractivity contribution in [1.29, 1.82) is 0 Å². The number of nitro groups is 1. The lowest BCUT2D eigenvalue weighted by Gasteiger charge is -2.02. The Balaban J connectivity index is 1.59. The van der Waals surface area contributed by atoms with Crippen molar-refractivity contribution in [3.05, 3.63) is 86.1 Å². The van der Waals surface area contributed by atoms with E-state index in [1.807, 2.05) is 0 Å². The van der Waals surface area contributed by atoms with Crippen molar-refractivity contribution < 1.29 is 14.1 Å². The maximum Gasteiger partial charge on any atom is 0.293 e. The molecule has 0 unspecified atom stereocenters. The molecule has 0 saturated carbocycles. The summed E-state index contributed by atoms with van der Waals surface area (Å²) in [4.78, 5) is 39.3. The van der Waals surface area contributed by atoms with Crippen LogP contribution in [0.25, 0.3) is 22.2 Å². The highest BCUT2D eigenvalue weighted by Gasteiger charge is 2.15. The fraction of sp³-hybridized carbons (Fsp3) is 0. The van der Waals surface area contributed by atoms with Crippen LogP contribution >= 0.6 is 11.3 Å². The zero-order valence-electron chi connectivity index (χ0n) is 14.1. The van der Waals surface area contributed by atoms with Crippen molar-refractivity contribution >= 4 is 39.0 Å². The van der Waals surface area contributed by atoms with Gasteiger partial charge in [-0.15, -0.1) is 11.3 Å². The lowest BCUT2D eigenvalue weighted by molar-refractivity contribution is -0.384. The van der Waals surface area contributed by atoms with Crippen molar-refractivity contribution in [3.63, 3.8) is 0 Å². The molecular weight excluding hydrogens is 382 g/mol. The number of thiazole rings is 1. The molecule has 2 aromatic carbocycles. The highest BCUT2D eigenvalue weighted by atomic mass is 32.1. The Labute approximate surface area is 161 Å². The summed E-state index contributed by atoms with van der Waals surface area (Å²) in [6, 6.07) is 13.8. The average molecular weight is 393 g/mol. The minimum absolute atomic E-state index is 0.0472. The minimum Gasteiger partial charge on any atom is -0.451 e. The summed E-state index contributed by atoms with van der Waals surface area (Å²) < 4.78 is 5.50. The predicted octanol–water partition coefficient (Wildman–Crippen LogP) is 4.08. The summed E-state index contributed by atoms with van der Waals surface area (Å²) in [5.74, 6) is -0.737. The van der Waals surface area contributed by atoms with Gasteiger partial charge in [0, 0.05) is 29.1 Å². The number of hydrogen-bond acceptors (Lipinski definition) is 7. The van der Waals surface area contributed by atoms with Gasteiger partial charge in [0.15, 0.2) is 16.3 Å². The molecule has 1 N–H and O–H groups in total. The van der Waals surface area contributed by atoms with Gasteiger partial charge < -0.3 is 4.42 Å². The topological polar surface area (TPSA) is 115 Å². The first-order valence-electron chi connectivity index (χ1n) is 8.06. The molecule has 138 valence electrons. The molecule has 0 spiro atoms. The average Bonchev–Trinajstić information content (AvgIpc) is 3.16. The molecule has 28 heavy (non-hydrogen) atoms. The Morgan fingerprint density at radius 1 is 1.14 bits per heavy atom. The molecule has 9 heteroatoms. The van der Waals surface area contributed by atoms with E-state index in [1.54, 1.807) is 41.8 Å². The van der Waals surface area contributed by atoms with E-state index < -0.39 is 10.8 Å². The molecule has 4 rings (SSSR count). The molecule has 0 atom stereocenters. The Hall–Kier alpha value is -3.85. The lowest BCUT2D eigenvalue weighted by Crippen LogP contribution is -2.14. The number of benzene rings is 2. The van der Waals surface area contributed by atoms with Gasteiger partial charge in [-0.2, -0.15) is 0 Å². The minimum atomic E-state index is -0.609. The molecule has 0 fully saturated rings. The molecule has 0 aliphatic rings. The van der Waals surface area contributed by atoms with E-state index in [2.05, 4.69) is 10.3 Å². The van der Waals surface area contributed by atoms with E-state index in [9.17, 15) is 19.7 Å². The van der Waals surface area contributed by atoms with E-state index in [0.717, 1.165) is 17.4 Å². The second-order valence-electron chi connectivity index (χ2n) is 5.77. The number of hydrogen-bond donors (Lipinski definition) is 1. The van der Waals surface area contributed by atoms with Crippen molar-refractivity contribution in [1.82, 2.24) is 4.98 Å². The lowest BCUT2D eigenvalue weighted by atomic mass is 10.1. The van der Waals surface area contributed by atoms with Gasteiger partial charge in [0.2, 0.25) is 0 Å². The van der Waals surface area contributed by atoms with Crippen molar-refractivity contribution in [2.45, 2.75) is 0 Å². The summed E-state index contributed by atoms with van der Waals surface area (Å²) in [6.45, 7) is 0. The van der Waals surface area contributed by atoms with Gasteiger partial charge >= 0.3 is 0 Å². The Morgan fingerprint density at radius 3 is 2.79 bits per heavy atom. The number of fused-ring (bicyclic) bond motifs is 1. The van der Waals surface area contributed by atoms with Gasteiger partial charge in [-0.25, -0.2) is 4.98 Å². The second kappa shape index (κ2) is 7.05. The number of carbonyl (C=O) groups excluding carboxylic acids is 1. The van der Waals surface area contributed by atoms with E-state index in [4.69, 9.17) is 4.42 Å². The van der Waals surface area contributed by atoms with Crippen LogP contribution in [0, 0.1) is 10.1 Å². The molecule has 1 amide bonds. The first kappa shape index (κ1) is 17.6. The van der Waals surface area contributed by atoms with Crippen LogP contribution in [-0.4, -0.2) is 15.8 Å². The SMILES string of the molecule is O=C(Nc1nc(-c2cccc([N+](=O)[O-])c2)cs1)c1cc(=O)c2ccccc2o1. The molecule has 8 nitrogen and oxygen atoms in total. The summed E-state index contributed by atoms with van der Waals surface area (Å²) in [5, 5.41) is 15.8. The number of nitrogens with zero attached hydrogens (tertiary/aromatic N) is 2. The molecule has 2 heterocycles. The molecule has 4 aromatic rings. The van der Waals surface area contributed by atoms with Crippen LogP contribution in [0.2, 0.25) is 0 Å². The molecule has 2 aromatic heterocycles. The van der Waals surface area contributed by atoms with Crippen LogP contribution in [0.3, 0.4) is 0 Å². The van der Waals surface area contributed by atoms with Gasteiger partial charge in [0.25, 0.3) is 11.6 Å². The number of nitro benzene ring substituents is 1. The molecule has 0 aliphatic carbocycles. The Bertz CT molecular complexity index is 1280. The van der Waals surface area contributed by atoms with E-state index in [-0.39, 0.29) is 22.0 Å². The molecule has 0 aliphatic heterocycles. The number of nitrogens with one attached hydrogen (secondary N) is 1. The van der Waals surface area contributed by atoms with Crippen LogP contribution in [-0.2, 0) is 0 Å². The summed E-state index contributed by atoms with van der Waals surface area (Å²) in [5.41, 5.74) is 1.00. The zero-order chi connectivity index (χ0) is 19.7. The second-order valence-corrected chi connectivity index (χ2v) is 6.63. The monoisotopic (exact) mass is 393 g/mol. The largest absolute Gasteiger partial charge is 0.451 e. The van der Waals surface area contributed by atoms with E-state index in [0.29, 0.717) is 22.2 Å². The number of aromatic nitrogens is 1. The van der Waals surface area contributed by atoms with E-state index >= 15 is 0 Å². The number of non-ortho nitro benzene ring substituents is 1. The van der Waals surface area contributed by atoms with Crippen molar-refractivity contribution in [2.24, 2.45) is 0 Å². The predicted molar refractivity (Wildman–Crippen MR) is 105 cm³/mol. The Kier molecular flexibility index (Phi) is 4.42. The molecule has 0 radical (unpaired) electrons. The quantitative estimate of drug-likeness (QED) is 0.413. The highest BCUT2D eigenvalue weighted by molar-refractivity contribution is 7.14. The molecular formula is C19H11N3O5S. The van der Waals surface area contributed by atoms with Crippen molar-refractivity contribution in [3.8, 4) is 11.3 Å². The van der Waals surface area contributed by atoms with Crippen molar-refractivity contribution in [2.75, 3.05) is 5.32 Å². The zero-order valence-corrected chi connectivity index (χ0v) is 14.9. The van der Waals surface area contributed by atoms with Crippen LogP contribution in [0.5, 0.6) is 0 Å². The maximum absolute atomic E-state index is 12.4. The number of anilines is 1. The number of para-hydroxylation sites is 1. The molecule has 0 saturated heterocycles. The number of amides is 1. The third kappa shape index (κ3) is 3.38. The number of rotatable bonds is 4. The summed E-state index contributed by atoms with van der Waals surface area (Å²) >= 11 is 1.16. The molecule has 0 bridgehead atoms. The third-order valence-electron chi connectivity index (χ3n) is 3.94.